The molecule has 172 valence electrons. The first-order chi connectivity index (χ1) is 15.0. The van der Waals surface area contributed by atoms with E-state index in [1.165, 1.54) is 18.2 Å². The summed E-state index contributed by atoms with van der Waals surface area (Å²) in [6.45, 7) is 7.11. The fourth-order valence-corrected chi connectivity index (χ4v) is 2.83. The van der Waals surface area contributed by atoms with Crippen LogP contribution in [0.4, 0.5) is 9.18 Å². The zero-order chi connectivity index (χ0) is 23.7. The number of carbonyl (C=O) groups excluding carboxylic acids is 3. The van der Waals surface area contributed by atoms with Crippen molar-refractivity contribution in [3.63, 3.8) is 0 Å². The van der Waals surface area contributed by atoms with Crippen LogP contribution in [0.1, 0.15) is 42.3 Å². The van der Waals surface area contributed by atoms with Gasteiger partial charge in [-0.2, -0.15) is 0 Å². The van der Waals surface area contributed by atoms with Crippen LogP contribution in [0, 0.1) is 12.7 Å². The predicted octanol–water partition coefficient (Wildman–Crippen LogP) is 3.12. The molecule has 0 aliphatic heterocycles. The van der Waals surface area contributed by atoms with Crippen molar-refractivity contribution in [2.24, 2.45) is 0 Å². The van der Waals surface area contributed by atoms with Gasteiger partial charge < -0.3 is 20.7 Å². The summed E-state index contributed by atoms with van der Waals surface area (Å²) >= 11 is 0. The van der Waals surface area contributed by atoms with Crippen molar-refractivity contribution < 1.29 is 23.5 Å². The molecule has 0 saturated carbocycles. The maximum Gasteiger partial charge on any atom is 0.408 e. The Balaban J connectivity index is 1.91. The van der Waals surface area contributed by atoms with Crippen molar-refractivity contribution in [3.8, 4) is 0 Å². The molecule has 0 spiro atoms. The Morgan fingerprint density at radius 3 is 2.28 bits per heavy atom. The van der Waals surface area contributed by atoms with Crippen LogP contribution in [0.5, 0.6) is 0 Å². The average Bonchev–Trinajstić information content (AvgIpc) is 2.71. The summed E-state index contributed by atoms with van der Waals surface area (Å²) in [6, 6.07) is 12.7. The fourth-order valence-electron chi connectivity index (χ4n) is 2.83. The molecule has 7 nitrogen and oxygen atoms in total. The minimum Gasteiger partial charge on any atom is -0.444 e. The number of hydrogen-bond donors (Lipinski definition) is 3. The van der Waals surface area contributed by atoms with E-state index in [9.17, 15) is 18.8 Å². The van der Waals surface area contributed by atoms with E-state index < -0.39 is 35.4 Å². The first-order valence-corrected chi connectivity index (χ1v) is 10.4. The van der Waals surface area contributed by atoms with Crippen LogP contribution in [0.2, 0.25) is 0 Å². The van der Waals surface area contributed by atoms with Crippen LogP contribution < -0.4 is 16.0 Å². The van der Waals surface area contributed by atoms with Gasteiger partial charge in [0.25, 0.3) is 5.91 Å². The zero-order valence-electron chi connectivity index (χ0n) is 18.8. The average molecular weight is 444 g/mol. The van der Waals surface area contributed by atoms with Crippen molar-refractivity contribution >= 4 is 17.9 Å². The third-order valence-corrected chi connectivity index (χ3v) is 4.43. The van der Waals surface area contributed by atoms with Gasteiger partial charge in [-0.15, -0.1) is 0 Å². The lowest BCUT2D eigenvalue weighted by Gasteiger charge is -2.23. The van der Waals surface area contributed by atoms with E-state index in [1.54, 1.807) is 27.7 Å². The first kappa shape index (κ1) is 24.8. The Morgan fingerprint density at radius 1 is 1.00 bits per heavy atom. The van der Waals surface area contributed by atoms with E-state index in [-0.39, 0.29) is 25.1 Å². The molecular weight excluding hydrogens is 413 g/mol. The largest absolute Gasteiger partial charge is 0.444 e. The molecule has 0 radical (unpaired) electrons. The Morgan fingerprint density at radius 2 is 1.66 bits per heavy atom. The maximum atomic E-state index is 13.6. The van der Waals surface area contributed by atoms with E-state index in [4.69, 9.17) is 4.74 Å². The van der Waals surface area contributed by atoms with Crippen molar-refractivity contribution in [2.75, 3.05) is 13.1 Å². The van der Waals surface area contributed by atoms with Crippen molar-refractivity contribution in [1.82, 2.24) is 16.0 Å². The standard InChI is InChI=1S/C24H30FN3O4/c1-16-10-11-18(15-19(16)25)21(29)26-12-13-27-22(30)20(14-17-8-6-5-7-9-17)28-23(31)32-24(2,3)4/h5-11,15,20H,12-14H2,1-4H3,(H,26,29)(H,27,30)(H,28,31)/t20-/m0/s1. The molecule has 0 unspecified atom stereocenters. The van der Waals surface area contributed by atoms with E-state index in [1.807, 2.05) is 30.3 Å². The van der Waals surface area contributed by atoms with E-state index in [2.05, 4.69) is 16.0 Å². The Bertz CT molecular complexity index is 942. The number of ether oxygens (including phenoxy) is 1. The summed E-state index contributed by atoms with van der Waals surface area (Å²) in [5.41, 5.74) is 0.833. The molecule has 2 aromatic rings. The van der Waals surface area contributed by atoms with Crippen LogP contribution in [0.3, 0.4) is 0 Å². The van der Waals surface area contributed by atoms with Crippen molar-refractivity contribution in [1.29, 1.82) is 0 Å². The number of benzene rings is 2. The van der Waals surface area contributed by atoms with Gasteiger partial charge in [0.15, 0.2) is 0 Å². The SMILES string of the molecule is Cc1ccc(C(=O)NCCNC(=O)[C@H](Cc2ccccc2)NC(=O)OC(C)(C)C)cc1F. The molecule has 0 saturated heterocycles. The minimum absolute atomic E-state index is 0.139. The molecule has 0 aliphatic carbocycles. The molecule has 0 aromatic heterocycles. The van der Waals surface area contributed by atoms with E-state index in [0.29, 0.717) is 5.56 Å². The molecule has 0 bridgehead atoms. The summed E-state index contributed by atoms with van der Waals surface area (Å²) in [7, 11) is 0. The van der Waals surface area contributed by atoms with Gasteiger partial charge in [0.05, 0.1) is 0 Å². The maximum absolute atomic E-state index is 13.6. The molecule has 8 heteroatoms. The third kappa shape index (κ3) is 8.37. The molecule has 3 amide bonds. The highest BCUT2D eigenvalue weighted by molar-refractivity contribution is 5.94. The number of aryl methyl sites for hydroxylation is 1. The molecule has 2 rings (SSSR count). The Hall–Kier alpha value is -3.42. The highest BCUT2D eigenvalue weighted by Crippen LogP contribution is 2.10. The van der Waals surface area contributed by atoms with Crippen LogP contribution in [0.15, 0.2) is 48.5 Å². The fraction of sp³-hybridized carbons (Fsp3) is 0.375. The molecule has 0 fully saturated rings. The molecule has 3 N–H and O–H groups in total. The minimum atomic E-state index is -0.853. The number of carbonyl (C=O) groups is 3. The van der Waals surface area contributed by atoms with Gasteiger partial charge >= 0.3 is 6.09 Å². The highest BCUT2D eigenvalue weighted by atomic mass is 19.1. The molecular formula is C24H30FN3O4. The van der Waals surface area contributed by atoms with Gasteiger partial charge in [0.1, 0.15) is 17.5 Å². The molecule has 2 aromatic carbocycles. The van der Waals surface area contributed by atoms with Gasteiger partial charge in [-0.1, -0.05) is 36.4 Å². The lowest BCUT2D eigenvalue weighted by molar-refractivity contribution is -0.123. The predicted molar refractivity (Wildman–Crippen MR) is 120 cm³/mol. The van der Waals surface area contributed by atoms with Gasteiger partial charge in [-0.3, -0.25) is 9.59 Å². The van der Waals surface area contributed by atoms with Crippen LogP contribution in [0.25, 0.3) is 0 Å². The second kappa shape index (κ2) is 11.3. The summed E-state index contributed by atoms with van der Waals surface area (Å²) in [6.07, 6.45) is -0.413. The van der Waals surface area contributed by atoms with Crippen LogP contribution in [-0.2, 0) is 16.0 Å². The highest BCUT2D eigenvalue weighted by Gasteiger charge is 2.24. The molecule has 1 atom stereocenters. The lowest BCUT2D eigenvalue weighted by atomic mass is 10.1. The summed E-state index contributed by atoms with van der Waals surface area (Å²) in [5.74, 6) is -1.30. The Kier molecular flexibility index (Phi) is 8.75. The summed E-state index contributed by atoms with van der Waals surface area (Å²) < 4.78 is 18.9. The van der Waals surface area contributed by atoms with Crippen molar-refractivity contribution in [3.05, 3.63) is 71.0 Å². The van der Waals surface area contributed by atoms with Gasteiger partial charge in [0, 0.05) is 25.1 Å². The normalized spacial score (nSPS) is 11.9. The topological polar surface area (TPSA) is 96.5 Å². The number of rotatable bonds is 8. The number of amides is 3. The molecule has 0 heterocycles. The third-order valence-electron chi connectivity index (χ3n) is 4.43. The van der Waals surface area contributed by atoms with Gasteiger partial charge in [-0.25, -0.2) is 9.18 Å². The van der Waals surface area contributed by atoms with Crippen molar-refractivity contribution in [2.45, 2.75) is 45.8 Å². The number of alkyl carbamates (subject to hydrolysis) is 1. The molecule has 32 heavy (non-hydrogen) atoms. The Labute approximate surface area is 187 Å². The second-order valence-electron chi connectivity index (χ2n) is 8.40. The number of nitrogens with one attached hydrogen (secondary N) is 3. The summed E-state index contributed by atoms with van der Waals surface area (Å²) in [4.78, 5) is 37.0. The van der Waals surface area contributed by atoms with E-state index in [0.717, 1.165) is 5.56 Å². The van der Waals surface area contributed by atoms with E-state index >= 15 is 0 Å². The monoisotopic (exact) mass is 443 g/mol. The van der Waals surface area contributed by atoms with Gasteiger partial charge in [0.2, 0.25) is 5.91 Å². The number of hydrogen-bond acceptors (Lipinski definition) is 4. The molecule has 0 aliphatic rings. The van der Waals surface area contributed by atoms with Crippen LogP contribution >= 0.6 is 0 Å². The number of halogens is 1. The van der Waals surface area contributed by atoms with Gasteiger partial charge in [-0.05, 0) is 51.0 Å². The smallest absolute Gasteiger partial charge is 0.408 e. The van der Waals surface area contributed by atoms with Crippen LogP contribution in [-0.4, -0.2) is 42.6 Å². The quantitative estimate of drug-likeness (QED) is 0.546. The zero-order valence-corrected chi connectivity index (χ0v) is 18.8. The first-order valence-electron chi connectivity index (χ1n) is 10.4. The summed E-state index contributed by atoms with van der Waals surface area (Å²) in [5, 5.41) is 7.94. The lowest BCUT2D eigenvalue weighted by Crippen LogP contribution is -2.50. The second-order valence-corrected chi connectivity index (χ2v) is 8.40.